The molecule has 0 fully saturated rings. The van der Waals surface area contributed by atoms with E-state index in [9.17, 15) is 5.11 Å². The lowest BCUT2D eigenvalue weighted by Crippen LogP contribution is -2.01. The Morgan fingerprint density at radius 1 is 1.69 bits per heavy atom. The third-order valence-electron chi connectivity index (χ3n) is 1.43. The van der Waals surface area contributed by atoms with E-state index in [1.165, 1.54) is 6.20 Å². The number of nitrogens with zero attached hydrogens (tertiary/aromatic N) is 4. The zero-order valence-corrected chi connectivity index (χ0v) is 8.22. The first-order valence-corrected chi connectivity index (χ1v) is 4.32. The average molecular weight is 243 g/mol. The van der Waals surface area contributed by atoms with Crippen LogP contribution >= 0.6 is 15.9 Å². The van der Waals surface area contributed by atoms with E-state index in [0.717, 1.165) is 4.47 Å². The Morgan fingerprint density at radius 2 is 2.46 bits per heavy atom. The molecule has 13 heavy (non-hydrogen) atoms. The maximum absolute atomic E-state index is 9.45. The van der Waals surface area contributed by atoms with E-state index in [1.54, 1.807) is 12.3 Å². The van der Waals surface area contributed by atoms with Gasteiger partial charge in [0.25, 0.3) is 0 Å². The van der Waals surface area contributed by atoms with Crippen LogP contribution in [0.1, 0.15) is 11.7 Å². The third kappa shape index (κ3) is 3.02. The smallest absolute Gasteiger partial charge is 0.0861 e. The predicted molar refractivity (Wildman–Crippen MR) is 50.9 cm³/mol. The topological polar surface area (TPSA) is 81.9 Å². The molecule has 0 amide bonds. The molecule has 0 aliphatic rings. The minimum absolute atomic E-state index is 0.0225. The molecule has 1 N–H and O–H groups in total. The lowest BCUT2D eigenvalue weighted by Gasteiger charge is -2.06. The summed E-state index contributed by atoms with van der Waals surface area (Å²) in [5.74, 6) is 0. The number of aliphatic hydroxyl groups is 1. The molecule has 0 saturated carbocycles. The van der Waals surface area contributed by atoms with Crippen molar-refractivity contribution in [1.29, 1.82) is 0 Å². The van der Waals surface area contributed by atoms with Crippen LogP contribution in [0.25, 0.3) is 10.4 Å². The molecular formula is C7H7BrN4O. The fourth-order valence-corrected chi connectivity index (χ4v) is 1.21. The summed E-state index contributed by atoms with van der Waals surface area (Å²) in [6.07, 6.45) is 2.35. The minimum Gasteiger partial charge on any atom is -0.388 e. The fraction of sp³-hybridized carbons (Fsp3) is 0.286. The van der Waals surface area contributed by atoms with Crippen molar-refractivity contribution in [2.45, 2.75) is 6.10 Å². The van der Waals surface area contributed by atoms with Gasteiger partial charge < -0.3 is 5.11 Å². The zero-order chi connectivity index (χ0) is 9.68. The van der Waals surface area contributed by atoms with E-state index in [2.05, 4.69) is 30.9 Å². The molecule has 0 unspecified atom stereocenters. The monoisotopic (exact) mass is 242 g/mol. The van der Waals surface area contributed by atoms with Crippen LogP contribution in [0, 0.1) is 0 Å². The van der Waals surface area contributed by atoms with Crippen LogP contribution < -0.4 is 0 Å². The molecule has 0 saturated heterocycles. The molecule has 5 nitrogen and oxygen atoms in total. The van der Waals surface area contributed by atoms with E-state index in [1.807, 2.05) is 0 Å². The van der Waals surface area contributed by atoms with Crippen molar-refractivity contribution in [2.24, 2.45) is 5.11 Å². The van der Waals surface area contributed by atoms with Gasteiger partial charge in [-0.2, -0.15) is 0 Å². The largest absolute Gasteiger partial charge is 0.388 e. The van der Waals surface area contributed by atoms with Crippen molar-refractivity contribution in [3.63, 3.8) is 0 Å². The first kappa shape index (κ1) is 9.98. The van der Waals surface area contributed by atoms with Gasteiger partial charge in [0.05, 0.1) is 12.6 Å². The van der Waals surface area contributed by atoms with Gasteiger partial charge in [0.2, 0.25) is 0 Å². The summed E-state index contributed by atoms with van der Waals surface area (Å²) in [5, 5.41) is 12.7. The van der Waals surface area contributed by atoms with Crippen LogP contribution in [0.15, 0.2) is 28.0 Å². The van der Waals surface area contributed by atoms with Gasteiger partial charge in [0.15, 0.2) is 0 Å². The molecule has 1 aromatic rings. The molecular weight excluding hydrogens is 236 g/mol. The highest BCUT2D eigenvalue weighted by molar-refractivity contribution is 9.10. The summed E-state index contributed by atoms with van der Waals surface area (Å²) in [6, 6.07) is 1.73. The van der Waals surface area contributed by atoms with Crippen molar-refractivity contribution in [3.05, 3.63) is 38.9 Å². The lowest BCUT2D eigenvalue weighted by atomic mass is 10.2. The Labute approximate surface area is 83.2 Å². The van der Waals surface area contributed by atoms with E-state index < -0.39 is 6.10 Å². The first-order chi connectivity index (χ1) is 6.24. The number of rotatable bonds is 3. The minimum atomic E-state index is -0.791. The van der Waals surface area contributed by atoms with Crippen molar-refractivity contribution in [3.8, 4) is 0 Å². The van der Waals surface area contributed by atoms with Gasteiger partial charge in [-0.15, -0.1) is 0 Å². The highest BCUT2D eigenvalue weighted by atomic mass is 79.9. The Kier molecular flexibility index (Phi) is 3.70. The molecule has 1 heterocycles. The Balaban J connectivity index is 2.76. The maximum atomic E-state index is 9.45. The number of azide groups is 1. The van der Waals surface area contributed by atoms with E-state index in [0.29, 0.717) is 5.56 Å². The Hall–Kier alpha value is -1.10. The van der Waals surface area contributed by atoms with Crippen LogP contribution in [0.3, 0.4) is 0 Å². The SMILES string of the molecule is [N-]=[N+]=NC[C@@H](O)c1cncc(Br)c1. The van der Waals surface area contributed by atoms with Gasteiger partial charge in [-0.05, 0) is 27.5 Å². The quantitative estimate of drug-likeness (QED) is 0.501. The molecule has 0 aliphatic carbocycles. The van der Waals surface area contributed by atoms with Gasteiger partial charge in [-0.3, -0.25) is 4.98 Å². The van der Waals surface area contributed by atoms with Gasteiger partial charge in [0, 0.05) is 27.3 Å². The fourth-order valence-electron chi connectivity index (χ4n) is 0.830. The molecule has 0 spiro atoms. The van der Waals surface area contributed by atoms with Gasteiger partial charge >= 0.3 is 0 Å². The van der Waals surface area contributed by atoms with Crippen molar-refractivity contribution >= 4 is 15.9 Å². The molecule has 1 atom stereocenters. The van der Waals surface area contributed by atoms with Crippen molar-refractivity contribution in [1.82, 2.24) is 4.98 Å². The second-order valence-corrected chi connectivity index (χ2v) is 3.28. The molecule has 68 valence electrons. The van der Waals surface area contributed by atoms with E-state index in [-0.39, 0.29) is 6.54 Å². The molecule has 1 rings (SSSR count). The number of aromatic nitrogens is 1. The molecule has 0 bridgehead atoms. The van der Waals surface area contributed by atoms with Gasteiger partial charge in [-0.25, -0.2) is 0 Å². The molecule has 0 aromatic carbocycles. The maximum Gasteiger partial charge on any atom is 0.0861 e. The third-order valence-corrected chi connectivity index (χ3v) is 1.86. The van der Waals surface area contributed by atoms with Gasteiger partial charge in [-0.1, -0.05) is 5.11 Å². The Morgan fingerprint density at radius 3 is 3.08 bits per heavy atom. The molecule has 1 aromatic heterocycles. The zero-order valence-electron chi connectivity index (χ0n) is 6.63. The number of halogens is 1. The van der Waals surface area contributed by atoms with Crippen LogP contribution in [-0.2, 0) is 0 Å². The second kappa shape index (κ2) is 4.81. The highest BCUT2D eigenvalue weighted by Crippen LogP contribution is 2.16. The normalized spacial score (nSPS) is 11.8. The number of hydrogen-bond acceptors (Lipinski definition) is 3. The van der Waals surface area contributed by atoms with E-state index >= 15 is 0 Å². The predicted octanol–water partition coefficient (Wildman–Crippen LogP) is 2.19. The van der Waals surface area contributed by atoms with Crippen molar-refractivity contribution in [2.75, 3.05) is 6.54 Å². The Bertz CT molecular complexity index is 337. The number of aliphatic hydroxyl groups excluding tert-OH is 1. The summed E-state index contributed by atoms with van der Waals surface area (Å²) < 4.78 is 0.782. The summed E-state index contributed by atoms with van der Waals surface area (Å²) >= 11 is 3.22. The molecule has 6 heteroatoms. The second-order valence-electron chi connectivity index (χ2n) is 2.37. The first-order valence-electron chi connectivity index (χ1n) is 3.53. The molecule has 0 radical (unpaired) electrons. The number of pyridine rings is 1. The lowest BCUT2D eigenvalue weighted by molar-refractivity contribution is 0.186. The summed E-state index contributed by atoms with van der Waals surface area (Å²) in [6.45, 7) is 0.0225. The molecule has 0 aliphatic heterocycles. The van der Waals surface area contributed by atoms with E-state index in [4.69, 9.17) is 5.53 Å². The average Bonchev–Trinajstić information content (AvgIpc) is 2.14. The van der Waals surface area contributed by atoms with Crippen molar-refractivity contribution < 1.29 is 5.11 Å². The van der Waals surface area contributed by atoms with Gasteiger partial charge in [0.1, 0.15) is 0 Å². The highest BCUT2D eigenvalue weighted by Gasteiger charge is 2.06. The van der Waals surface area contributed by atoms with Crippen LogP contribution in [0.5, 0.6) is 0 Å². The summed E-state index contributed by atoms with van der Waals surface area (Å²) in [4.78, 5) is 6.43. The van der Waals surface area contributed by atoms with Crippen LogP contribution in [0.4, 0.5) is 0 Å². The van der Waals surface area contributed by atoms with Crippen LogP contribution in [-0.4, -0.2) is 16.6 Å². The summed E-state index contributed by atoms with van der Waals surface area (Å²) in [7, 11) is 0. The number of hydrogen-bond donors (Lipinski definition) is 1. The van der Waals surface area contributed by atoms with Crippen LogP contribution in [0.2, 0.25) is 0 Å². The standard InChI is InChI=1S/C7H7BrN4O/c8-6-1-5(2-10-3-6)7(13)4-11-12-9/h1-3,7,13H,4H2/t7-/m1/s1. The summed E-state index contributed by atoms with van der Waals surface area (Å²) in [5.41, 5.74) is 8.67.